The molecule has 0 bridgehead atoms. The number of nitrogens with zero attached hydrogens (tertiary/aromatic N) is 2. The van der Waals surface area contributed by atoms with Gasteiger partial charge in [-0.25, -0.2) is 14.4 Å². The summed E-state index contributed by atoms with van der Waals surface area (Å²) >= 11 is 0. The fraction of sp³-hybridized carbons (Fsp3) is 0.444. The van der Waals surface area contributed by atoms with Gasteiger partial charge in [0.25, 0.3) is 0 Å². The third-order valence-corrected chi connectivity index (χ3v) is 3.54. The number of ether oxygens (including phenoxy) is 1. The maximum Gasteiger partial charge on any atom is 0.214 e. The van der Waals surface area contributed by atoms with Crippen molar-refractivity contribution in [3.8, 4) is 5.75 Å². The molecule has 0 fully saturated rings. The SMILES string of the molecule is CCNC(=NCc1ccc(OCC)c(F)c1)NCc1nc(C)c(C)o1.I. The van der Waals surface area contributed by atoms with E-state index in [1.807, 2.05) is 33.8 Å². The molecule has 0 aliphatic heterocycles. The van der Waals surface area contributed by atoms with Gasteiger partial charge in [0.05, 0.1) is 25.4 Å². The van der Waals surface area contributed by atoms with Gasteiger partial charge in [0, 0.05) is 6.54 Å². The molecule has 0 saturated carbocycles. The molecule has 26 heavy (non-hydrogen) atoms. The summed E-state index contributed by atoms with van der Waals surface area (Å²) in [4.78, 5) is 8.79. The number of aryl methyl sites for hydroxylation is 2. The quantitative estimate of drug-likeness (QED) is 0.362. The second-order valence-corrected chi connectivity index (χ2v) is 5.50. The van der Waals surface area contributed by atoms with Gasteiger partial charge in [0.1, 0.15) is 5.76 Å². The van der Waals surface area contributed by atoms with Gasteiger partial charge in [-0.1, -0.05) is 6.07 Å². The molecule has 1 aromatic carbocycles. The Hall–Kier alpha value is -1.84. The first-order valence-corrected chi connectivity index (χ1v) is 8.39. The highest BCUT2D eigenvalue weighted by molar-refractivity contribution is 14.0. The minimum absolute atomic E-state index is 0. The number of benzene rings is 1. The smallest absolute Gasteiger partial charge is 0.214 e. The Morgan fingerprint density at radius 3 is 2.62 bits per heavy atom. The van der Waals surface area contributed by atoms with E-state index in [4.69, 9.17) is 9.15 Å². The molecule has 0 unspecified atom stereocenters. The van der Waals surface area contributed by atoms with E-state index in [1.54, 1.807) is 6.07 Å². The van der Waals surface area contributed by atoms with Crippen molar-refractivity contribution in [2.45, 2.75) is 40.8 Å². The van der Waals surface area contributed by atoms with Crippen LogP contribution in [0.15, 0.2) is 27.6 Å². The monoisotopic (exact) mass is 476 g/mol. The molecule has 2 aromatic rings. The van der Waals surface area contributed by atoms with Gasteiger partial charge in [-0.05, 0) is 45.4 Å². The number of nitrogens with one attached hydrogen (secondary N) is 2. The zero-order valence-electron chi connectivity index (χ0n) is 15.6. The Morgan fingerprint density at radius 2 is 2.04 bits per heavy atom. The van der Waals surface area contributed by atoms with Gasteiger partial charge >= 0.3 is 0 Å². The number of rotatable bonds is 7. The van der Waals surface area contributed by atoms with Crippen LogP contribution in [0.3, 0.4) is 0 Å². The summed E-state index contributed by atoms with van der Waals surface area (Å²) in [5.41, 5.74) is 1.64. The maximum atomic E-state index is 13.9. The Kier molecular flexibility index (Phi) is 9.39. The number of aromatic nitrogens is 1. The Bertz CT molecular complexity index is 714. The molecule has 0 amide bonds. The standard InChI is InChI=1S/C18H25FN4O2.HI/c1-5-20-18(22-11-17-23-12(3)13(4)25-17)21-10-14-7-8-16(24-6-2)15(19)9-14;/h7-9H,5-6,10-11H2,1-4H3,(H2,20,21,22);1H. The third-order valence-electron chi connectivity index (χ3n) is 3.54. The number of hydrogen-bond acceptors (Lipinski definition) is 4. The minimum atomic E-state index is -0.377. The molecule has 6 nitrogen and oxygen atoms in total. The highest BCUT2D eigenvalue weighted by atomic mass is 127. The second kappa shape index (κ2) is 11.0. The van der Waals surface area contributed by atoms with Crippen molar-refractivity contribution < 1.29 is 13.5 Å². The highest BCUT2D eigenvalue weighted by Gasteiger charge is 2.07. The molecule has 0 spiro atoms. The van der Waals surface area contributed by atoms with E-state index in [9.17, 15) is 4.39 Å². The van der Waals surface area contributed by atoms with Gasteiger partial charge in [-0.3, -0.25) is 0 Å². The Morgan fingerprint density at radius 1 is 1.27 bits per heavy atom. The van der Waals surface area contributed by atoms with Crippen LogP contribution in [-0.2, 0) is 13.1 Å². The summed E-state index contributed by atoms with van der Waals surface area (Å²) in [6.07, 6.45) is 0. The maximum absolute atomic E-state index is 13.9. The summed E-state index contributed by atoms with van der Waals surface area (Å²) in [5.74, 6) is 1.91. The number of guanidine groups is 1. The number of oxazole rings is 1. The van der Waals surface area contributed by atoms with Crippen molar-refractivity contribution in [2.75, 3.05) is 13.2 Å². The average Bonchev–Trinajstić information content (AvgIpc) is 2.91. The van der Waals surface area contributed by atoms with Gasteiger partial charge in [-0.15, -0.1) is 24.0 Å². The lowest BCUT2D eigenvalue weighted by Crippen LogP contribution is -2.36. The van der Waals surface area contributed by atoms with Crippen LogP contribution in [0.4, 0.5) is 4.39 Å². The summed E-state index contributed by atoms with van der Waals surface area (Å²) in [5, 5.41) is 6.30. The molecule has 0 aliphatic rings. The summed E-state index contributed by atoms with van der Waals surface area (Å²) < 4.78 is 24.6. The number of hydrogen-bond donors (Lipinski definition) is 2. The van der Waals surface area contributed by atoms with Crippen LogP contribution >= 0.6 is 24.0 Å². The molecule has 2 rings (SSSR count). The minimum Gasteiger partial charge on any atom is -0.491 e. The lowest BCUT2D eigenvalue weighted by atomic mass is 10.2. The van der Waals surface area contributed by atoms with Crippen LogP contribution in [0.5, 0.6) is 5.75 Å². The molecule has 0 atom stereocenters. The Balaban J connectivity index is 0.00000338. The summed E-state index contributed by atoms with van der Waals surface area (Å²) in [6.45, 7) is 9.51. The normalized spacial score (nSPS) is 11.0. The van der Waals surface area contributed by atoms with E-state index in [0.29, 0.717) is 38.1 Å². The van der Waals surface area contributed by atoms with E-state index >= 15 is 0 Å². The first kappa shape index (κ1) is 22.2. The average molecular weight is 476 g/mol. The van der Waals surface area contributed by atoms with Crippen LogP contribution in [-0.4, -0.2) is 24.1 Å². The van der Waals surface area contributed by atoms with Crippen molar-refractivity contribution >= 4 is 29.9 Å². The van der Waals surface area contributed by atoms with E-state index in [0.717, 1.165) is 17.0 Å². The Labute approximate surface area is 170 Å². The molecular weight excluding hydrogens is 450 g/mol. The van der Waals surface area contributed by atoms with Crippen molar-refractivity contribution in [2.24, 2.45) is 4.99 Å². The van der Waals surface area contributed by atoms with Gasteiger partial charge in [0.2, 0.25) is 5.89 Å². The molecule has 1 aromatic heterocycles. The zero-order valence-corrected chi connectivity index (χ0v) is 17.9. The molecule has 1 heterocycles. The lowest BCUT2D eigenvalue weighted by molar-refractivity contribution is 0.321. The van der Waals surface area contributed by atoms with E-state index in [1.165, 1.54) is 6.07 Å². The second-order valence-electron chi connectivity index (χ2n) is 5.50. The van der Waals surface area contributed by atoms with E-state index in [2.05, 4.69) is 20.6 Å². The molecule has 0 saturated heterocycles. The van der Waals surface area contributed by atoms with Crippen LogP contribution in [0.2, 0.25) is 0 Å². The fourth-order valence-electron chi connectivity index (χ4n) is 2.20. The first-order chi connectivity index (χ1) is 12.0. The van der Waals surface area contributed by atoms with Crippen LogP contribution in [0.1, 0.15) is 36.8 Å². The fourth-order valence-corrected chi connectivity index (χ4v) is 2.20. The highest BCUT2D eigenvalue weighted by Crippen LogP contribution is 2.18. The number of halogens is 2. The molecule has 0 radical (unpaired) electrons. The molecular formula is C18H26FIN4O2. The van der Waals surface area contributed by atoms with Crippen LogP contribution < -0.4 is 15.4 Å². The van der Waals surface area contributed by atoms with Gasteiger partial charge < -0.3 is 19.8 Å². The predicted octanol–water partition coefficient (Wildman–Crippen LogP) is 3.70. The van der Waals surface area contributed by atoms with Gasteiger partial charge in [0.15, 0.2) is 17.5 Å². The van der Waals surface area contributed by atoms with Crippen LogP contribution in [0, 0.1) is 19.7 Å². The zero-order chi connectivity index (χ0) is 18.2. The first-order valence-electron chi connectivity index (χ1n) is 8.39. The predicted molar refractivity (Wildman–Crippen MR) is 111 cm³/mol. The molecule has 8 heteroatoms. The van der Waals surface area contributed by atoms with E-state index < -0.39 is 0 Å². The molecule has 144 valence electrons. The summed E-state index contributed by atoms with van der Waals surface area (Å²) in [7, 11) is 0. The van der Waals surface area contributed by atoms with E-state index in [-0.39, 0.29) is 35.5 Å². The largest absolute Gasteiger partial charge is 0.491 e. The van der Waals surface area contributed by atoms with Crippen molar-refractivity contribution in [3.63, 3.8) is 0 Å². The lowest BCUT2D eigenvalue weighted by Gasteiger charge is -2.10. The summed E-state index contributed by atoms with van der Waals surface area (Å²) in [6, 6.07) is 4.88. The van der Waals surface area contributed by atoms with Gasteiger partial charge in [-0.2, -0.15) is 0 Å². The molecule has 0 aliphatic carbocycles. The van der Waals surface area contributed by atoms with Crippen LogP contribution in [0.25, 0.3) is 0 Å². The third kappa shape index (κ3) is 6.47. The molecule has 2 N–H and O–H groups in total. The number of aliphatic imine (C=N–C) groups is 1. The van der Waals surface area contributed by atoms with Crippen molar-refractivity contribution in [1.82, 2.24) is 15.6 Å². The topological polar surface area (TPSA) is 71.7 Å². The van der Waals surface area contributed by atoms with Crippen molar-refractivity contribution in [1.29, 1.82) is 0 Å². The van der Waals surface area contributed by atoms with Crippen molar-refractivity contribution in [3.05, 3.63) is 46.9 Å².